The van der Waals surface area contributed by atoms with Crippen molar-refractivity contribution in [1.29, 1.82) is 0 Å². The molecule has 0 aromatic carbocycles. The first-order chi connectivity index (χ1) is 6.79. The number of esters is 1. The molecule has 0 saturated carbocycles. The van der Waals surface area contributed by atoms with Gasteiger partial charge >= 0.3 is 5.97 Å². The van der Waals surface area contributed by atoms with Crippen LogP contribution in [0.5, 0.6) is 0 Å². The largest absolute Gasteiger partial charge is 0.459 e. The van der Waals surface area contributed by atoms with Crippen LogP contribution < -0.4 is 5.32 Å². The molecule has 0 amide bonds. The number of alkyl halides is 1. The third-order valence-electron chi connectivity index (χ3n) is 1.86. The molecule has 0 aliphatic carbocycles. The highest BCUT2D eigenvalue weighted by Crippen LogP contribution is 2.24. The molecule has 0 aromatic heterocycles. The van der Waals surface area contributed by atoms with E-state index in [1.165, 1.54) is 0 Å². The summed E-state index contributed by atoms with van der Waals surface area (Å²) in [7, 11) is 0. The van der Waals surface area contributed by atoms with Gasteiger partial charge in [0.1, 0.15) is 5.60 Å². The lowest BCUT2D eigenvalue weighted by Crippen LogP contribution is -2.39. The lowest BCUT2D eigenvalue weighted by molar-refractivity contribution is -0.158. The Kier molecular flexibility index (Phi) is 4.06. The summed E-state index contributed by atoms with van der Waals surface area (Å²) in [4.78, 5) is 11.8. The van der Waals surface area contributed by atoms with E-state index >= 15 is 0 Å². The van der Waals surface area contributed by atoms with Crippen molar-refractivity contribution in [2.45, 2.75) is 31.2 Å². The number of halogens is 2. The van der Waals surface area contributed by atoms with Gasteiger partial charge in [0.25, 0.3) is 0 Å². The summed E-state index contributed by atoms with van der Waals surface area (Å²) >= 11 is 9.24. The number of hydrogen-bond donors (Lipinski definition) is 1. The maximum absolute atomic E-state index is 11.8. The molecule has 2 atom stereocenters. The van der Waals surface area contributed by atoms with Gasteiger partial charge in [-0.1, -0.05) is 27.5 Å². The average molecular weight is 297 g/mol. The predicted molar refractivity (Wildman–Crippen MR) is 64.0 cm³/mol. The third-order valence-corrected chi connectivity index (χ3v) is 3.01. The van der Waals surface area contributed by atoms with Crippen molar-refractivity contribution in [3.63, 3.8) is 0 Å². The Morgan fingerprint density at radius 1 is 1.67 bits per heavy atom. The fourth-order valence-electron chi connectivity index (χ4n) is 1.23. The summed E-state index contributed by atoms with van der Waals surface area (Å²) in [5, 5.41) is 3.45. The molecular formula is C10H15BrClNO2. The number of nitrogens with one attached hydrogen (secondary N) is 1. The van der Waals surface area contributed by atoms with Crippen LogP contribution in [0.4, 0.5) is 0 Å². The Morgan fingerprint density at radius 3 is 2.80 bits per heavy atom. The van der Waals surface area contributed by atoms with Crippen molar-refractivity contribution < 1.29 is 9.53 Å². The number of carbonyl (C=O) groups excluding carboxylic acids is 1. The van der Waals surface area contributed by atoms with Crippen LogP contribution in [0.25, 0.3) is 0 Å². The fourth-order valence-corrected chi connectivity index (χ4v) is 1.97. The Bertz CT molecular complexity index is 286. The number of rotatable bonds is 1. The molecule has 0 radical (unpaired) electrons. The molecule has 15 heavy (non-hydrogen) atoms. The van der Waals surface area contributed by atoms with Gasteiger partial charge in [-0.2, -0.15) is 0 Å². The van der Waals surface area contributed by atoms with Gasteiger partial charge in [0.15, 0.2) is 0 Å². The van der Waals surface area contributed by atoms with E-state index in [2.05, 4.69) is 21.2 Å². The van der Waals surface area contributed by atoms with Crippen LogP contribution in [-0.4, -0.2) is 22.9 Å². The van der Waals surface area contributed by atoms with E-state index in [1.54, 1.807) is 6.08 Å². The van der Waals surface area contributed by atoms with Crippen LogP contribution in [-0.2, 0) is 9.53 Å². The zero-order valence-electron chi connectivity index (χ0n) is 9.01. The molecule has 2 unspecified atom stereocenters. The highest BCUT2D eigenvalue weighted by atomic mass is 79.9. The summed E-state index contributed by atoms with van der Waals surface area (Å²) < 4.78 is 5.30. The van der Waals surface area contributed by atoms with Crippen LogP contribution in [0.15, 0.2) is 11.2 Å². The number of hydrogen-bond acceptors (Lipinski definition) is 3. The third kappa shape index (κ3) is 4.03. The van der Waals surface area contributed by atoms with Gasteiger partial charge in [0.05, 0.1) is 11.1 Å². The van der Waals surface area contributed by atoms with Gasteiger partial charge in [-0.3, -0.25) is 4.79 Å². The standard InChI is InChI=1S/C10H15BrClNO2/c1-10(2,3)15-9(14)6-4-8(12)13-5-7(6)11/h4,6-7,13H,5H2,1-3H3. The van der Waals surface area contributed by atoms with Gasteiger partial charge < -0.3 is 10.1 Å². The minimum Gasteiger partial charge on any atom is -0.459 e. The van der Waals surface area contributed by atoms with Gasteiger partial charge in [-0.05, 0) is 26.8 Å². The van der Waals surface area contributed by atoms with Crippen LogP contribution in [0.1, 0.15) is 20.8 Å². The topological polar surface area (TPSA) is 38.3 Å². The lowest BCUT2D eigenvalue weighted by atomic mass is 10.0. The summed E-state index contributed by atoms with van der Waals surface area (Å²) in [6.45, 7) is 6.17. The fraction of sp³-hybridized carbons (Fsp3) is 0.700. The van der Waals surface area contributed by atoms with Crippen molar-refractivity contribution in [1.82, 2.24) is 5.32 Å². The number of ether oxygens (including phenoxy) is 1. The van der Waals surface area contributed by atoms with Crippen molar-refractivity contribution in [2.24, 2.45) is 5.92 Å². The van der Waals surface area contributed by atoms with Crippen molar-refractivity contribution in [3.05, 3.63) is 11.2 Å². The smallest absolute Gasteiger partial charge is 0.314 e. The van der Waals surface area contributed by atoms with E-state index in [0.29, 0.717) is 11.7 Å². The van der Waals surface area contributed by atoms with E-state index in [0.717, 1.165) is 0 Å². The molecule has 3 nitrogen and oxygen atoms in total. The quantitative estimate of drug-likeness (QED) is 0.459. The molecule has 0 bridgehead atoms. The van der Waals surface area contributed by atoms with Crippen molar-refractivity contribution in [3.8, 4) is 0 Å². The van der Waals surface area contributed by atoms with Crippen LogP contribution in [0.2, 0.25) is 0 Å². The first-order valence-corrected chi connectivity index (χ1v) is 6.07. The molecule has 0 aromatic rings. The maximum atomic E-state index is 11.8. The Labute approximate surface area is 103 Å². The summed E-state index contributed by atoms with van der Waals surface area (Å²) in [5.74, 6) is -0.568. The molecule has 1 rings (SSSR count). The first-order valence-electron chi connectivity index (χ1n) is 4.78. The van der Waals surface area contributed by atoms with E-state index in [1.807, 2.05) is 20.8 Å². The maximum Gasteiger partial charge on any atom is 0.314 e. The molecular weight excluding hydrogens is 281 g/mol. The predicted octanol–water partition coefficient (Wildman–Crippen LogP) is 2.39. The summed E-state index contributed by atoms with van der Waals surface area (Å²) in [6, 6.07) is 0. The highest BCUT2D eigenvalue weighted by Gasteiger charge is 2.31. The van der Waals surface area contributed by atoms with Crippen LogP contribution in [0, 0.1) is 5.92 Å². The zero-order valence-corrected chi connectivity index (χ0v) is 11.4. The molecule has 1 aliphatic rings. The Balaban J connectivity index is 2.70. The summed E-state index contributed by atoms with van der Waals surface area (Å²) in [5.41, 5.74) is -0.463. The van der Waals surface area contributed by atoms with Crippen LogP contribution in [0.3, 0.4) is 0 Å². The molecule has 1 aliphatic heterocycles. The average Bonchev–Trinajstić information content (AvgIpc) is 2.06. The number of carbonyl (C=O) groups is 1. The molecule has 86 valence electrons. The Morgan fingerprint density at radius 2 is 2.27 bits per heavy atom. The molecule has 0 spiro atoms. The van der Waals surface area contributed by atoms with Gasteiger partial charge in [0.2, 0.25) is 0 Å². The minimum absolute atomic E-state index is 0.0230. The molecule has 0 saturated heterocycles. The minimum atomic E-state index is -0.463. The molecule has 1 N–H and O–H groups in total. The van der Waals surface area contributed by atoms with E-state index in [-0.39, 0.29) is 16.7 Å². The lowest BCUT2D eigenvalue weighted by Gasteiger charge is -2.27. The highest BCUT2D eigenvalue weighted by molar-refractivity contribution is 9.09. The molecule has 0 fully saturated rings. The van der Waals surface area contributed by atoms with Gasteiger partial charge in [-0.25, -0.2) is 0 Å². The second-order valence-electron chi connectivity index (χ2n) is 4.47. The van der Waals surface area contributed by atoms with Crippen LogP contribution >= 0.6 is 27.5 Å². The Hall–Kier alpha value is -0.220. The zero-order chi connectivity index (χ0) is 11.6. The first kappa shape index (κ1) is 12.8. The van der Waals surface area contributed by atoms with E-state index in [4.69, 9.17) is 16.3 Å². The van der Waals surface area contributed by atoms with Gasteiger partial charge in [-0.15, -0.1) is 0 Å². The summed E-state index contributed by atoms with van der Waals surface area (Å²) in [6.07, 6.45) is 1.68. The second-order valence-corrected chi connectivity index (χ2v) is 6.05. The van der Waals surface area contributed by atoms with Crippen molar-refractivity contribution >= 4 is 33.5 Å². The monoisotopic (exact) mass is 295 g/mol. The SMILES string of the molecule is CC(C)(C)OC(=O)C1C=C(Cl)NCC1Br. The van der Waals surface area contributed by atoms with E-state index < -0.39 is 5.60 Å². The normalized spacial score (nSPS) is 26.6. The molecule has 5 heteroatoms. The van der Waals surface area contributed by atoms with Crippen molar-refractivity contribution in [2.75, 3.05) is 6.54 Å². The molecule has 1 heterocycles. The van der Waals surface area contributed by atoms with E-state index in [9.17, 15) is 4.79 Å². The van der Waals surface area contributed by atoms with Gasteiger partial charge in [0, 0.05) is 11.4 Å². The second kappa shape index (κ2) is 4.74.